The van der Waals surface area contributed by atoms with Crippen molar-refractivity contribution in [2.24, 2.45) is 5.41 Å². The van der Waals surface area contributed by atoms with Crippen LogP contribution in [0.2, 0.25) is 0 Å². The fraction of sp³-hybridized carbons (Fsp3) is 1.00. The molecule has 0 bridgehead atoms. The van der Waals surface area contributed by atoms with Gasteiger partial charge in [0.1, 0.15) is 0 Å². The Hall–Kier alpha value is -0.160. The molecule has 0 aromatic carbocycles. The van der Waals surface area contributed by atoms with Crippen LogP contribution in [0.4, 0.5) is 0 Å². The van der Waals surface area contributed by atoms with Gasteiger partial charge in [0.2, 0.25) is 0 Å². The summed E-state index contributed by atoms with van der Waals surface area (Å²) in [5.74, 6) is 0. The minimum absolute atomic E-state index is 0.372. The Kier molecular flexibility index (Phi) is 4.65. The minimum Gasteiger partial charge on any atom is -0.381 e. The number of nitrogens with one attached hydrogen (secondary N) is 1. The molecule has 1 N–H and O–H groups in total. The van der Waals surface area contributed by atoms with E-state index in [2.05, 4.69) is 29.2 Å². The van der Waals surface area contributed by atoms with Crippen LogP contribution >= 0.6 is 0 Å². The van der Waals surface area contributed by atoms with Gasteiger partial charge in [-0.05, 0) is 52.7 Å². The smallest absolute Gasteiger partial charge is 0.0547 e. The van der Waals surface area contributed by atoms with Gasteiger partial charge in [-0.15, -0.1) is 0 Å². The molecule has 116 valence electrons. The molecule has 2 aliphatic heterocycles. The molecule has 20 heavy (non-hydrogen) atoms. The van der Waals surface area contributed by atoms with E-state index in [9.17, 15) is 0 Å². The predicted molar refractivity (Wildman–Crippen MR) is 82.0 cm³/mol. The highest BCUT2D eigenvalue weighted by atomic mass is 16.5. The largest absolute Gasteiger partial charge is 0.381 e. The molecule has 0 aromatic heterocycles. The fourth-order valence-electron chi connectivity index (χ4n) is 3.69. The Morgan fingerprint density at radius 3 is 2.80 bits per heavy atom. The summed E-state index contributed by atoms with van der Waals surface area (Å²) in [6, 6.07) is 1.54. The summed E-state index contributed by atoms with van der Waals surface area (Å²) in [7, 11) is 4.44. The summed E-state index contributed by atoms with van der Waals surface area (Å²) in [4.78, 5) is 5.09. The first-order chi connectivity index (χ1) is 9.67. The Morgan fingerprint density at radius 1 is 1.30 bits per heavy atom. The van der Waals surface area contributed by atoms with E-state index in [-0.39, 0.29) is 0 Å². The van der Waals surface area contributed by atoms with Gasteiger partial charge >= 0.3 is 0 Å². The number of hydrogen-bond donors (Lipinski definition) is 1. The quantitative estimate of drug-likeness (QED) is 0.791. The first-order valence-electron chi connectivity index (χ1n) is 8.37. The number of hydrogen-bond acceptors (Lipinski definition) is 4. The molecule has 4 heteroatoms. The molecule has 2 heterocycles. The van der Waals surface area contributed by atoms with Crippen molar-refractivity contribution in [1.82, 2.24) is 15.1 Å². The normalized spacial score (nSPS) is 35.9. The topological polar surface area (TPSA) is 27.7 Å². The van der Waals surface area contributed by atoms with Gasteiger partial charge in [-0.3, -0.25) is 0 Å². The Labute approximate surface area is 123 Å². The number of likely N-dealkylation sites (N-methyl/N-ethyl adjacent to an activating group) is 1. The van der Waals surface area contributed by atoms with Crippen LogP contribution < -0.4 is 5.32 Å². The molecule has 0 amide bonds. The van der Waals surface area contributed by atoms with Crippen LogP contribution in [-0.2, 0) is 4.74 Å². The van der Waals surface area contributed by atoms with Crippen molar-refractivity contribution >= 4 is 0 Å². The maximum Gasteiger partial charge on any atom is 0.0547 e. The Bertz CT molecular complexity index is 311. The highest BCUT2D eigenvalue weighted by Crippen LogP contribution is 2.32. The van der Waals surface area contributed by atoms with Crippen LogP contribution in [0.15, 0.2) is 0 Å². The van der Waals surface area contributed by atoms with Crippen LogP contribution in [0.3, 0.4) is 0 Å². The number of rotatable bonds is 6. The lowest BCUT2D eigenvalue weighted by atomic mass is 9.85. The summed E-state index contributed by atoms with van der Waals surface area (Å²) in [5, 5.41) is 3.75. The molecule has 1 aliphatic carbocycles. The first-order valence-corrected chi connectivity index (χ1v) is 8.37. The van der Waals surface area contributed by atoms with Crippen molar-refractivity contribution in [3.63, 3.8) is 0 Å². The molecule has 1 saturated carbocycles. The van der Waals surface area contributed by atoms with E-state index in [0.717, 1.165) is 31.8 Å². The molecule has 0 aromatic rings. The first kappa shape index (κ1) is 14.8. The van der Waals surface area contributed by atoms with Crippen molar-refractivity contribution in [2.45, 2.75) is 44.2 Å². The van der Waals surface area contributed by atoms with Crippen molar-refractivity contribution in [2.75, 3.05) is 53.5 Å². The maximum atomic E-state index is 5.75. The molecule has 3 aliphatic rings. The summed E-state index contributed by atoms with van der Waals surface area (Å²) >= 11 is 0. The van der Waals surface area contributed by atoms with Crippen molar-refractivity contribution < 1.29 is 4.74 Å². The third-order valence-corrected chi connectivity index (χ3v) is 5.30. The molecule has 2 saturated heterocycles. The number of nitrogens with zero attached hydrogens (tertiary/aromatic N) is 2. The van der Waals surface area contributed by atoms with Crippen LogP contribution in [0.25, 0.3) is 0 Å². The molecule has 2 atom stereocenters. The van der Waals surface area contributed by atoms with Gasteiger partial charge in [-0.2, -0.15) is 0 Å². The minimum atomic E-state index is 0.372. The van der Waals surface area contributed by atoms with E-state index >= 15 is 0 Å². The highest BCUT2D eigenvalue weighted by Gasteiger charge is 2.39. The number of piperidine rings is 1. The lowest BCUT2D eigenvalue weighted by Crippen LogP contribution is -2.51. The highest BCUT2D eigenvalue weighted by molar-refractivity contribution is 4.93. The molecule has 3 fully saturated rings. The van der Waals surface area contributed by atoms with Crippen molar-refractivity contribution in [3.05, 3.63) is 0 Å². The zero-order valence-corrected chi connectivity index (χ0v) is 13.2. The van der Waals surface area contributed by atoms with Gasteiger partial charge in [0.25, 0.3) is 0 Å². The lowest BCUT2D eigenvalue weighted by Gasteiger charge is -2.41. The van der Waals surface area contributed by atoms with Gasteiger partial charge in [-0.25, -0.2) is 0 Å². The van der Waals surface area contributed by atoms with Gasteiger partial charge in [0.05, 0.1) is 6.61 Å². The maximum absolute atomic E-state index is 5.75. The van der Waals surface area contributed by atoms with E-state index in [1.54, 1.807) is 0 Å². The van der Waals surface area contributed by atoms with Crippen molar-refractivity contribution in [1.29, 1.82) is 0 Å². The van der Waals surface area contributed by atoms with E-state index in [1.165, 1.54) is 51.7 Å². The van der Waals surface area contributed by atoms with Crippen LogP contribution in [-0.4, -0.2) is 75.4 Å². The second kappa shape index (κ2) is 6.30. The van der Waals surface area contributed by atoms with E-state index in [4.69, 9.17) is 4.74 Å². The van der Waals surface area contributed by atoms with Crippen LogP contribution in [0.1, 0.15) is 32.1 Å². The molecule has 0 radical (unpaired) electrons. The molecule has 0 spiro atoms. The van der Waals surface area contributed by atoms with Gasteiger partial charge in [0, 0.05) is 43.7 Å². The lowest BCUT2D eigenvalue weighted by molar-refractivity contribution is 0.0706. The van der Waals surface area contributed by atoms with Crippen LogP contribution in [0.5, 0.6) is 0 Å². The second-order valence-corrected chi connectivity index (χ2v) is 7.45. The van der Waals surface area contributed by atoms with E-state index in [0.29, 0.717) is 5.41 Å². The monoisotopic (exact) mass is 281 g/mol. The van der Waals surface area contributed by atoms with Gasteiger partial charge in [-0.1, -0.05) is 0 Å². The second-order valence-electron chi connectivity index (χ2n) is 7.45. The average Bonchev–Trinajstić information content (AvgIpc) is 3.17. The predicted octanol–water partition coefficient (Wildman–Crippen LogP) is 1.17. The third-order valence-electron chi connectivity index (χ3n) is 5.30. The van der Waals surface area contributed by atoms with Crippen molar-refractivity contribution in [3.8, 4) is 0 Å². The molecular formula is C16H31N3O. The fourth-order valence-corrected chi connectivity index (χ4v) is 3.69. The SMILES string of the molecule is CN(C)C1CCCN(CC2(CNC3CC3)CCOC2)C1. The third kappa shape index (κ3) is 3.73. The average molecular weight is 281 g/mol. The molecular weight excluding hydrogens is 250 g/mol. The van der Waals surface area contributed by atoms with Crippen LogP contribution in [0, 0.1) is 5.41 Å². The van der Waals surface area contributed by atoms with E-state index in [1.807, 2.05) is 0 Å². The zero-order chi connectivity index (χ0) is 14.0. The summed E-state index contributed by atoms with van der Waals surface area (Å²) in [6.07, 6.45) is 6.69. The molecule has 2 unspecified atom stereocenters. The summed E-state index contributed by atoms with van der Waals surface area (Å²) in [6.45, 7) is 6.79. The molecule has 3 rings (SSSR count). The molecule has 4 nitrogen and oxygen atoms in total. The van der Waals surface area contributed by atoms with Gasteiger partial charge in [0.15, 0.2) is 0 Å². The summed E-state index contributed by atoms with van der Waals surface area (Å²) < 4.78 is 5.75. The summed E-state index contributed by atoms with van der Waals surface area (Å²) in [5.41, 5.74) is 0.372. The Morgan fingerprint density at radius 2 is 2.15 bits per heavy atom. The standard InChI is InChI=1S/C16H31N3O/c1-18(2)15-4-3-8-19(10-15)12-16(7-9-20-13-16)11-17-14-5-6-14/h14-15,17H,3-13H2,1-2H3. The Balaban J connectivity index is 1.54. The number of ether oxygens (including phenoxy) is 1. The van der Waals surface area contributed by atoms with Gasteiger partial charge < -0.3 is 19.9 Å². The number of likely N-dealkylation sites (tertiary alicyclic amines) is 1. The van der Waals surface area contributed by atoms with E-state index < -0.39 is 0 Å². The zero-order valence-electron chi connectivity index (χ0n) is 13.2.